The molecule has 1 amide bonds. The lowest BCUT2D eigenvalue weighted by Crippen LogP contribution is -2.17. The number of carbonyl (C=O) groups excluding carboxylic acids is 1. The Balaban J connectivity index is 1.31. The van der Waals surface area contributed by atoms with E-state index in [9.17, 15) is 9.90 Å². The smallest absolute Gasteiger partial charge is 0.271 e. The number of phenolic OH excluding ortho intramolecular Hbond substituents is 1. The van der Waals surface area contributed by atoms with Crippen LogP contribution in [0.3, 0.4) is 0 Å². The quantitative estimate of drug-likeness (QED) is 0.123. The largest absolute Gasteiger partial charge is 0.506 e. The van der Waals surface area contributed by atoms with Crippen molar-refractivity contribution >= 4 is 51.6 Å². The number of halogens is 1. The lowest BCUT2D eigenvalue weighted by Gasteiger charge is -2.05. The number of nitrogens with one attached hydrogen (secondary N) is 1. The Morgan fingerprint density at radius 2 is 2.00 bits per heavy atom. The van der Waals surface area contributed by atoms with Crippen LogP contribution in [0.1, 0.15) is 21.6 Å². The highest BCUT2D eigenvalue weighted by Gasteiger charge is 2.10. The van der Waals surface area contributed by atoms with Crippen LogP contribution >= 0.6 is 22.9 Å². The Kier molecular flexibility index (Phi) is 6.22. The van der Waals surface area contributed by atoms with Gasteiger partial charge in [0.2, 0.25) is 0 Å². The van der Waals surface area contributed by atoms with Crippen molar-refractivity contribution in [3.8, 4) is 16.3 Å². The van der Waals surface area contributed by atoms with Gasteiger partial charge in [0.05, 0.1) is 24.1 Å². The van der Waals surface area contributed by atoms with Crippen molar-refractivity contribution in [1.29, 1.82) is 0 Å². The molecule has 0 aliphatic carbocycles. The van der Waals surface area contributed by atoms with Crippen molar-refractivity contribution in [2.75, 3.05) is 5.73 Å². The molecule has 5 rings (SSSR count). The molecule has 0 atom stereocenters. The highest BCUT2D eigenvalue weighted by atomic mass is 35.5. The molecule has 3 aromatic carbocycles. The van der Waals surface area contributed by atoms with Gasteiger partial charge in [-0.25, -0.2) is 10.4 Å². The third-order valence-corrected chi connectivity index (χ3v) is 6.67. The number of fused-ring (bicyclic) bond motifs is 1. The van der Waals surface area contributed by atoms with Crippen LogP contribution < -0.4 is 11.2 Å². The molecule has 0 fully saturated rings. The van der Waals surface area contributed by atoms with Gasteiger partial charge >= 0.3 is 0 Å². The molecule has 0 bridgehead atoms. The number of amides is 1. The second kappa shape index (κ2) is 9.61. The zero-order valence-corrected chi connectivity index (χ0v) is 19.9. The summed E-state index contributed by atoms with van der Waals surface area (Å²) in [6, 6.07) is 19.9. The van der Waals surface area contributed by atoms with Crippen LogP contribution in [-0.2, 0) is 6.54 Å². The van der Waals surface area contributed by atoms with Crippen LogP contribution in [0.25, 0.3) is 21.5 Å². The number of thiazole rings is 1. The van der Waals surface area contributed by atoms with Crippen molar-refractivity contribution in [3.05, 3.63) is 100 Å². The molecule has 9 heteroatoms. The van der Waals surface area contributed by atoms with Crippen LogP contribution in [0.15, 0.2) is 83.4 Å². The zero-order valence-electron chi connectivity index (χ0n) is 18.4. The van der Waals surface area contributed by atoms with E-state index in [1.165, 1.54) is 18.2 Å². The summed E-state index contributed by atoms with van der Waals surface area (Å²) < 4.78 is 2.13. The van der Waals surface area contributed by atoms with Crippen molar-refractivity contribution < 1.29 is 9.90 Å². The Bertz CT molecular complexity index is 1560. The molecule has 0 saturated carbocycles. The number of hydrogen-bond donors (Lipinski definition) is 3. The SMILES string of the molecule is Nc1cc(C(=O)N/N=C/c2cccc3c2ccn3Cc2csc(-c3ccc(Cl)cc3)n2)ccc1O. The maximum atomic E-state index is 12.3. The number of rotatable bonds is 6. The van der Waals surface area contributed by atoms with Crippen LogP contribution in [0.2, 0.25) is 5.02 Å². The number of aromatic hydroxyl groups is 1. The first kappa shape index (κ1) is 22.6. The molecule has 174 valence electrons. The maximum Gasteiger partial charge on any atom is 0.271 e. The predicted molar refractivity (Wildman–Crippen MR) is 141 cm³/mol. The van der Waals surface area contributed by atoms with Gasteiger partial charge < -0.3 is 15.4 Å². The van der Waals surface area contributed by atoms with E-state index in [1.807, 2.05) is 54.7 Å². The molecule has 0 aliphatic rings. The van der Waals surface area contributed by atoms with Crippen LogP contribution in [0.4, 0.5) is 5.69 Å². The number of carbonyl (C=O) groups is 1. The molecule has 0 saturated heterocycles. The van der Waals surface area contributed by atoms with E-state index in [1.54, 1.807) is 17.6 Å². The zero-order chi connectivity index (χ0) is 24.4. The van der Waals surface area contributed by atoms with Gasteiger partial charge in [0.25, 0.3) is 5.91 Å². The molecular formula is C26H20ClN5O2S. The Labute approximate surface area is 210 Å². The van der Waals surface area contributed by atoms with Crippen molar-refractivity contribution in [2.24, 2.45) is 5.10 Å². The summed E-state index contributed by atoms with van der Waals surface area (Å²) in [6.45, 7) is 0.632. The summed E-state index contributed by atoms with van der Waals surface area (Å²) in [5, 5.41) is 18.3. The van der Waals surface area contributed by atoms with Crippen molar-refractivity contribution in [3.63, 3.8) is 0 Å². The fraction of sp³-hybridized carbons (Fsp3) is 0.0385. The summed E-state index contributed by atoms with van der Waals surface area (Å²) in [7, 11) is 0. The monoisotopic (exact) mass is 501 g/mol. The molecule has 0 radical (unpaired) electrons. The Morgan fingerprint density at radius 3 is 2.80 bits per heavy atom. The third-order valence-electron chi connectivity index (χ3n) is 5.48. The molecule has 5 aromatic rings. The molecule has 35 heavy (non-hydrogen) atoms. The van der Waals surface area contributed by atoms with E-state index in [4.69, 9.17) is 22.3 Å². The third kappa shape index (κ3) is 4.89. The molecule has 0 unspecified atom stereocenters. The van der Waals surface area contributed by atoms with Gasteiger partial charge in [-0.1, -0.05) is 35.9 Å². The predicted octanol–water partition coefficient (Wildman–Crippen LogP) is 5.52. The first-order chi connectivity index (χ1) is 17.0. The molecule has 0 spiro atoms. The van der Waals surface area contributed by atoms with Gasteiger partial charge in [0.15, 0.2) is 0 Å². The Hall–Kier alpha value is -4.14. The van der Waals surface area contributed by atoms with E-state index < -0.39 is 5.91 Å². The average molecular weight is 502 g/mol. The number of hydrazone groups is 1. The first-order valence-electron chi connectivity index (χ1n) is 10.7. The number of benzene rings is 3. The fourth-order valence-electron chi connectivity index (χ4n) is 3.70. The second-order valence-corrected chi connectivity index (χ2v) is 9.14. The highest BCUT2D eigenvalue weighted by Crippen LogP contribution is 2.27. The molecule has 0 aliphatic heterocycles. The second-order valence-electron chi connectivity index (χ2n) is 7.85. The van der Waals surface area contributed by atoms with Crippen molar-refractivity contribution in [1.82, 2.24) is 15.0 Å². The van der Waals surface area contributed by atoms with E-state index >= 15 is 0 Å². The number of nitrogens with zero attached hydrogens (tertiary/aromatic N) is 3. The van der Waals surface area contributed by atoms with Gasteiger partial charge in [-0.15, -0.1) is 11.3 Å². The number of hydrogen-bond acceptors (Lipinski definition) is 6. The maximum absolute atomic E-state index is 12.3. The average Bonchev–Trinajstić information content (AvgIpc) is 3.49. The van der Waals surface area contributed by atoms with Crippen LogP contribution in [0, 0.1) is 0 Å². The minimum Gasteiger partial charge on any atom is -0.506 e. The van der Waals surface area contributed by atoms with E-state index in [0.29, 0.717) is 17.1 Å². The topological polar surface area (TPSA) is 106 Å². The van der Waals surface area contributed by atoms with E-state index in [-0.39, 0.29) is 11.4 Å². The van der Waals surface area contributed by atoms with Gasteiger partial charge in [0.1, 0.15) is 10.8 Å². The molecule has 4 N–H and O–H groups in total. The standard InChI is InChI=1S/C26H20ClN5O2S/c27-19-7-4-16(5-8-19)26-30-20(15-35-26)14-32-11-10-21-18(2-1-3-23(21)32)13-29-31-25(34)17-6-9-24(33)22(28)12-17/h1-13,15,33H,14,28H2,(H,31,34)/b29-13+. The number of nitrogen functional groups attached to an aromatic ring is 1. The molecule has 2 aromatic heterocycles. The number of nitrogens with two attached hydrogens (primary N) is 1. The molecular weight excluding hydrogens is 482 g/mol. The highest BCUT2D eigenvalue weighted by molar-refractivity contribution is 7.13. The normalized spacial score (nSPS) is 11.3. The van der Waals surface area contributed by atoms with Crippen LogP contribution in [-0.4, -0.2) is 26.8 Å². The minimum absolute atomic E-state index is 0.0694. The fourth-order valence-corrected chi connectivity index (χ4v) is 4.64. The minimum atomic E-state index is -0.419. The number of anilines is 1. The van der Waals surface area contributed by atoms with Crippen molar-refractivity contribution in [2.45, 2.75) is 6.54 Å². The first-order valence-corrected chi connectivity index (χ1v) is 11.9. The lowest BCUT2D eigenvalue weighted by molar-refractivity contribution is 0.0955. The molecule has 2 heterocycles. The van der Waals surface area contributed by atoms with Gasteiger partial charge in [-0.2, -0.15) is 5.10 Å². The van der Waals surface area contributed by atoms with Gasteiger partial charge in [-0.3, -0.25) is 4.79 Å². The lowest BCUT2D eigenvalue weighted by atomic mass is 10.1. The summed E-state index contributed by atoms with van der Waals surface area (Å²) >= 11 is 7.59. The summed E-state index contributed by atoms with van der Waals surface area (Å²) in [6.07, 6.45) is 3.62. The van der Waals surface area contributed by atoms with Gasteiger partial charge in [0, 0.05) is 44.2 Å². The summed E-state index contributed by atoms with van der Waals surface area (Å²) in [5.74, 6) is -0.488. The van der Waals surface area contributed by atoms with Gasteiger partial charge in [-0.05, 0) is 42.5 Å². The van der Waals surface area contributed by atoms with E-state index in [0.717, 1.165) is 32.7 Å². The number of aromatic nitrogens is 2. The summed E-state index contributed by atoms with van der Waals surface area (Å²) in [4.78, 5) is 17.1. The summed E-state index contributed by atoms with van der Waals surface area (Å²) in [5.41, 5.74) is 12.5. The van der Waals surface area contributed by atoms with Crippen LogP contribution in [0.5, 0.6) is 5.75 Å². The molecule has 7 nitrogen and oxygen atoms in total. The Morgan fingerprint density at radius 1 is 1.17 bits per heavy atom. The van der Waals surface area contributed by atoms with E-state index in [2.05, 4.69) is 20.5 Å². The number of phenols is 1.